The molecule has 0 amide bonds. The maximum absolute atomic E-state index is 12.8. The molecule has 2 rings (SSSR count). The van der Waals surface area contributed by atoms with Crippen LogP contribution >= 0.6 is 0 Å². The zero-order valence-corrected chi connectivity index (χ0v) is 11.7. The van der Waals surface area contributed by atoms with Crippen LogP contribution in [0.25, 0.3) is 0 Å². The molecule has 5 nitrogen and oxygen atoms in total. The van der Waals surface area contributed by atoms with Crippen LogP contribution in [0.4, 0.5) is 18.9 Å². The van der Waals surface area contributed by atoms with Gasteiger partial charge < -0.3 is 15.2 Å². The smallest absolute Gasteiger partial charge is 0.408 e. The highest BCUT2D eigenvalue weighted by atomic mass is 19.4. The lowest BCUT2D eigenvalue weighted by Crippen LogP contribution is -2.39. The summed E-state index contributed by atoms with van der Waals surface area (Å²) < 4.78 is 43.1. The van der Waals surface area contributed by atoms with Gasteiger partial charge in [0.15, 0.2) is 0 Å². The van der Waals surface area contributed by atoms with Gasteiger partial charge >= 0.3 is 18.1 Å². The van der Waals surface area contributed by atoms with Gasteiger partial charge in [-0.15, -0.1) is 0 Å². The van der Waals surface area contributed by atoms with Crippen molar-refractivity contribution in [1.82, 2.24) is 0 Å². The SMILES string of the molecule is COC(=O)c1cc(CC(=O)O)cc2c1NC(C(F)(F)F)CC2. The fourth-order valence-corrected chi connectivity index (χ4v) is 2.48. The summed E-state index contributed by atoms with van der Waals surface area (Å²) in [7, 11) is 1.11. The van der Waals surface area contributed by atoms with Crippen molar-refractivity contribution in [3.05, 3.63) is 28.8 Å². The number of carbonyl (C=O) groups is 2. The molecule has 8 heteroatoms. The Balaban J connectivity index is 2.46. The number of aryl methyl sites for hydroxylation is 1. The summed E-state index contributed by atoms with van der Waals surface area (Å²) in [6.45, 7) is 0. The second kappa shape index (κ2) is 5.86. The largest absolute Gasteiger partial charge is 0.481 e. The van der Waals surface area contributed by atoms with Crippen molar-refractivity contribution in [3.63, 3.8) is 0 Å². The van der Waals surface area contributed by atoms with Crippen molar-refractivity contribution in [1.29, 1.82) is 0 Å². The lowest BCUT2D eigenvalue weighted by molar-refractivity contribution is -0.144. The van der Waals surface area contributed by atoms with Crippen LogP contribution in [-0.4, -0.2) is 36.4 Å². The third kappa shape index (κ3) is 3.32. The maximum Gasteiger partial charge on any atom is 0.408 e. The van der Waals surface area contributed by atoms with Gasteiger partial charge in [-0.3, -0.25) is 4.79 Å². The molecule has 0 aromatic heterocycles. The van der Waals surface area contributed by atoms with Crippen LogP contribution in [0.3, 0.4) is 0 Å². The molecule has 0 aliphatic carbocycles. The molecule has 1 aliphatic heterocycles. The van der Waals surface area contributed by atoms with Gasteiger partial charge in [0.25, 0.3) is 0 Å². The number of methoxy groups -OCH3 is 1. The molecule has 1 heterocycles. The predicted molar refractivity (Wildman–Crippen MR) is 70.9 cm³/mol. The zero-order chi connectivity index (χ0) is 16.5. The van der Waals surface area contributed by atoms with Crippen molar-refractivity contribution < 1.29 is 32.6 Å². The second-order valence-corrected chi connectivity index (χ2v) is 5.02. The number of anilines is 1. The number of halogens is 3. The third-order valence-corrected chi connectivity index (χ3v) is 3.46. The summed E-state index contributed by atoms with van der Waals surface area (Å²) in [5, 5.41) is 11.2. The van der Waals surface area contributed by atoms with E-state index in [-0.39, 0.29) is 30.5 Å². The van der Waals surface area contributed by atoms with Crippen molar-refractivity contribution >= 4 is 17.6 Å². The topological polar surface area (TPSA) is 75.6 Å². The van der Waals surface area contributed by atoms with E-state index >= 15 is 0 Å². The normalized spacial score (nSPS) is 17.4. The quantitative estimate of drug-likeness (QED) is 0.837. The molecule has 0 bridgehead atoms. The average molecular weight is 317 g/mol. The first-order valence-electron chi connectivity index (χ1n) is 6.51. The number of carboxylic acid groups (broad SMARTS) is 1. The van der Waals surface area contributed by atoms with Crippen LogP contribution in [0.1, 0.15) is 27.9 Å². The summed E-state index contributed by atoms with van der Waals surface area (Å²) >= 11 is 0. The van der Waals surface area contributed by atoms with Gasteiger partial charge in [0.05, 0.1) is 24.8 Å². The van der Waals surface area contributed by atoms with Gasteiger partial charge in [0.2, 0.25) is 0 Å². The Kier molecular flexibility index (Phi) is 4.30. The Labute approximate surface area is 124 Å². The van der Waals surface area contributed by atoms with Gasteiger partial charge in [0, 0.05) is 0 Å². The fourth-order valence-electron chi connectivity index (χ4n) is 2.48. The van der Waals surface area contributed by atoms with Crippen molar-refractivity contribution in [2.24, 2.45) is 0 Å². The van der Waals surface area contributed by atoms with Gasteiger partial charge in [-0.25, -0.2) is 4.79 Å². The maximum atomic E-state index is 12.8. The lowest BCUT2D eigenvalue weighted by atomic mass is 9.92. The van der Waals surface area contributed by atoms with E-state index in [1.54, 1.807) is 0 Å². The highest BCUT2D eigenvalue weighted by Crippen LogP contribution is 2.36. The van der Waals surface area contributed by atoms with Gasteiger partial charge in [-0.2, -0.15) is 13.2 Å². The first-order chi connectivity index (χ1) is 10.2. The highest BCUT2D eigenvalue weighted by Gasteiger charge is 2.42. The molecule has 0 radical (unpaired) electrons. The first-order valence-corrected chi connectivity index (χ1v) is 6.51. The van der Waals surface area contributed by atoms with Crippen molar-refractivity contribution in [2.45, 2.75) is 31.5 Å². The van der Waals surface area contributed by atoms with Crippen LogP contribution in [0.15, 0.2) is 12.1 Å². The molecule has 120 valence electrons. The number of ether oxygens (including phenoxy) is 1. The zero-order valence-electron chi connectivity index (χ0n) is 11.7. The number of carboxylic acids is 1. The Morgan fingerprint density at radius 2 is 2.09 bits per heavy atom. The molecule has 1 unspecified atom stereocenters. The summed E-state index contributed by atoms with van der Waals surface area (Å²) in [4.78, 5) is 22.6. The number of carbonyl (C=O) groups excluding carboxylic acids is 1. The number of alkyl halides is 3. The highest BCUT2D eigenvalue weighted by molar-refractivity contribution is 5.97. The van der Waals surface area contributed by atoms with E-state index in [4.69, 9.17) is 5.11 Å². The summed E-state index contributed by atoms with van der Waals surface area (Å²) in [5.74, 6) is -1.90. The predicted octanol–water partition coefficient (Wildman–Crippen LogP) is 2.39. The lowest BCUT2D eigenvalue weighted by Gasteiger charge is -2.30. The number of hydrogen-bond acceptors (Lipinski definition) is 4. The Hall–Kier alpha value is -2.25. The molecule has 1 atom stereocenters. The van der Waals surface area contributed by atoms with Crippen LogP contribution in [0.5, 0.6) is 0 Å². The molecule has 1 aliphatic rings. The summed E-state index contributed by atoms with van der Waals surface area (Å²) in [6.07, 6.45) is -4.82. The molecule has 1 aromatic rings. The minimum absolute atomic E-state index is 0.0644. The standard InChI is InChI=1S/C14H14F3NO4/c1-22-13(21)9-5-7(6-11(19)20)4-8-2-3-10(14(15,16)17)18-12(8)9/h4-5,10,18H,2-3,6H2,1H3,(H,19,20). The minimum Gasteiger partial charge on any atom is -0.481 e. The number of rotatable bonds is 3. The van der Waals surface area contributed by atoms with Gasteiger partial charge in [0.1, 0.15) is 6.04 Å². The number of benzene rings is 1. The fraction of sp³-hybridized carbons (Fsp3) is 0.429. The van der Waals surface area contributed by atoms with E-state index in [1.165, 1.54) is 12.1 Å². The molecule has 1 aromatic carbocycles. The molecule has 0 spiro atoms. The van der Waals surface area contributed by atoms with Crippen LogP contribution in [-0.2, 0) is 22.4 Å². The Morgan fingerprint density at radius 1 is 1.41 bits per heavy atom. The monoisotopic (exact) mass is 317 g/mol. The summed E-state index contributed by atoms with van der Waals surface area (Å²) in [6, 6.07) is 1.02. The number of hydrogen-bond donors (Lipinski definition) is 2. The molecular weight excluding hydrogens is 303 g/mol. The molecule has 0 saturated carbocycles. The molecule has 0 fully saturated rings. The molecular formula is C14H14F3NO4. The van der Waals surface area contributed by atoms with Gasteiger partial charge in [-0.05, 0) is 30.0 Å². The number of fused-ring (bicyclic) bond motifs is 1. The number of nitrogens with one attached hydrogen (secondary N) is 1. The average Bonchev–Trinajstić information content (AvgIpc) is 2.43. The third-order valence-electron chi connectivity index (χ3n) is 3.46. The van der Waals surface area contributed by atoms with Crippen molar-refractivity contribution in [2.75, 3.05) is 12.4 Å². The Morgan fingerprint density at radius 3 is 2.64 bits per heavy atom. The van der Waals surface area contributed by atoms with Crippen molar-refractivity contribution in [3.8, 4) is 0 Å². The van der Waals surface area contributed by atoms with E-state index in [0.717, 1.165) is 7.11 Å². The number of esters is 1. The van der Waals surface area contributed by atoms with Crippen LogP contribution in [0, 0.1) is 0 Å². The van der Waals surface area contributed by atoms with Crippen LogP contribution < -0.4 is 5.32 Å². The Bertz CT molecular complexity index is 613. The van der Waals surface area contributed by atoms with E-state index in [9.17, 15) is 22.8 Å². The molecule has 2 N–H and O–H groups in total. The van der Waals surface area contributed by atoms with E-state index in [1.807, 2.05) is 0 Å². The second-order valence-electron chi connectivity index (χ2n) is 5.02. The van der Waals surface area contributed by atoms with Crippen LogP contribution in [0.2, 0.25) is 0 Å². The molecule has 0 saturated heterocycles. The van der Waals surface area contributed by atoms with E-state index in [0.29, 0.717) is 11.1 Å². The number of aliphatic carboxylic acids is 1. The van der Waals surface area contributed by atoms with Gasteiger partial charge in [-0.1, -0.05) is 6.07 Å². The first kappa shape index (κ1) is 16.1. The van der Waals surface area contributed by atoms with E-state index in [2.05, 4.69) is 10.1 Å². The van der Waals surface area contributed by atoms with E-state index < -0.39 is 24.2 Å². The summed E-state index contributed by atoms with van der Waals surface area (Å²) in [5.41, 5.74) is 0.818. The molecule has 22 heavy (non-hydrogen) atoms. The minimum atomic E-state index is -4.43.